The molecule has 0 aliphatic carbocycles. The zero-order valence-electron chi connectivity index (χ0n) is 18.2. The van der Waals surface area contributed by atoms with Crippen LogP contribution in [0.15, 0.2) is 48.5 Å². The van der Waals surface area contributed by atoms with Crippen LogP contribution in [-0.4, -0.2) is 25.0 Å². The van der Waals surface area contributed by atoms with E-state index in [1.807, 2.05) is 38.1 Å². The van der Waals surface area contributed by atoms with Gasteiger partial charge >= 0.3 is 0 Å². The van der Waals surface area contributed by atoms with Gasteiger partial charge in [-0.05, 0) is 36.8 Å². The standard InChI is InChI=1S/C24H33N3O3/c1-4-5-6-7-14-30-22-13-9-10-19(16-22)25-17-23(28)26-20-11-8-12-21(15-20)27-24(29)18(2)3/h8-13,15-16,18,25H,4-7,14,17H2,1-3H3,(H,26,28)(H,27,29). The van der Waals surface area contributed by atoms with E-state index in [-0.39, 0.29) is 24.3 Å². The topological polar surface area (TPSA) is 79.5 Å². The van der Waals surface area contributed by atoms with E-state index in [4.69, 9.17) is 4.74 Å². The molecule has 2 amide bonds. The lowest BCUT2D eigenvalue weighted by Crippen LogP contribution is -2.22. The van der Waals surface area contributed by atoms with Gasteiger partial charge in [-0.25, -0.2) is 0 Å². The molecule has 0 heterocycles. The van der Waals surface area contributed by atoms with E-state index < -0.39 is 0 Å². The van der Waals surface area contributed by atoms with Gasteiger partial charge < -0.3 is 20.7 Å². The number of rotatable bonds is 12. The molecule has 0 bridgehead atoms. The van der Waals surface area contributed by atoms with Crippen LogP contribution in [0.25, 0.3) is 0 Å². The number of nitrogens with one attached hydrogen (secondary N) is 3. The molecule has 3 N–H and O–H groups in total. The minimum absolute atomic E-state index is 0.0624. The van der Waals surface area contributed by atoms with Gasteiger partial charge in [0.1, 0.15) is 5.75 Å². The quantitative estimate of drug-likeness (QED) is 0.415. The van der Waals surface area contributed by atoms with Crippen molar-refractivity contribution in [3.63, 3.8) is 0 Å². The van der Waals surface area contributed by atoms with Crippen molar-refractivity contribution in [1.82, 2.24) is 0 Å². The Bertz CT molecular complexity index is 821. The molecule has 0 saturated heterocycles. The summed E-state index contributed by atoms with van der Waals surface area (Å²) in [6.45, 7) is 6.68. The van der Waals surface area contributed by atoms with Crippen LogP contribution in [0.4, 0.5) is 17.1 Å². The Labute approximate surface area is 179 Å². The Balaban J connectivity index is 1.80. The van der Waals surface area contributed by atoms with E-state index >= 15 is 0 Å². The third kappa shape index (κ3) is 8.55. The molecule has 162 valence electrons. The van der Waals surface area contributed by atoms with Crippen molar-refractivity contribution in [3.8, 4) is 5.75 Å². The molecule has 0 atom stereocenters. The first-order valence-corrected chi connectivity index (χ1v) is 10.7. The van der Waals surface area contributed by atoms with Crippen LogP contribution in [0.5, 0.6) is 5.75 Å². The van der Waals surface area contributed by atoms with Gasteiger partial charge in [0.2, 0.25) is 11.8 Å². The predicted octanol–water partition coefficient (Wildman–Crippen LogP) is 5.29. The highest BCUT2D eigenvalue weighted by Crippen LogP contribution is 2.18. The third-order valence-corrected chi connectivity index (χ3v) is 4.49. The largest absolute Gasteiger partial charge is 0.494 e. The number of hydrogen-bond donors (Lipinski definition) is 3. The van der Waals surface area contributed by atoms with Gasteiger partial charge in [0.05, 0.1) is 13.2 Å². The van der Waals surface area contributed by atoms with Crippen LogP contribution in [0.2, 0.25) is 0 Å². The fourth-order valence-corrected chi connectivity index (χ4v) is 2.76. The van der Waals surface area contributed by atoms with Crippen molar-refractivity contribution in [2.75, 3.05) is 29.1 Å². The smallest absolute Gasteiger partial charge is 0.243 e. The summed E-state index contributed by atoms with van der Waals surface area (Å²) in [4.78, 5) is 24.1. The lowest BCUT2D eigenvalue weighted by Gasteiger charge is -2.12. The minimum Gasteiger partial charge on any atom is -0.494 e. The highest BCUT2D eigenvalue weighted by Gasteiger charge is 2.08. The van der Waals surface area contributed by atoms with Crippen molar-refractivity contribution < 1.29 is 14.3 Å². The number of anilines is 3. The lowest BCUT2D eigenvalue weighted by atomic mass is 10.2. The molecule has 30 heavy (non-hydrogen) atoms. The number of carbonyl (C=O) groups is 2. The number of carbonyl (C=O) groups excluding carboxylic acids is 2. The van der Waals surface area contributed by atoms with Crippen LogP contribution < -0.4 is 20.7 Å². The maximum absolute atomic E-state index is 12.3. The van der Waals surface area contributed by atoms with Gasteiger partial charge in [-0.15, -0.1) is 0 Å². The Morgan fingerprint density at radius 1 is 0.900 bits per heavy atom. The average Bonchev–Trinajstić information content (AvgIpc) is 2.72. The summed E-state index contributed by atoms with van der Waals surface area (Å²) in [5.41, 5.74) is 2.12. The first kappa shape index (κ1) is 23.3. The second kappa shape index (κ2) is 12.5. The highest BCUT2D eigenvalue weighted by atomic mass is 16.5. The number of hydrogen-bond acceptors (Lipinski definition) is 4. The molecular formula is C24H33N3O3. The van der Waals surface area contributed by atoms with Crippen molar-refractivity contribution in [2.24, 2.45) is 5.92 Å². The number of unbranched alkanes of at least 4 members (excludes halogenated alkanes) is 3. The molecule has 2 rings (SSSR count). The summed E-state index contributed by atoms with van der Waals surface area (Å²) in [6, 6.07) is 14.7. The number of ether oxygens (including phenoxy) is 1. The van der Waals surface area contributed by atoms with Gasteiger partial charge in [0.25, 0.3) is 0 Å². The molecule has 0 saturated carbocycles. The van der Waals surface area contributed by atoms with Crippen LogP contribution in [0, 0.1) is 5.92 Å². The Morgan fingerprint density at radius 3 is 2.33 bits per heavy atom. The molecule has 2 aromatic rings. The predicted molar refractivity (Wildman–Crippen MR) is 123 cm³/mol. The molecular weight excluding hydrogens is 378 g/mol. The maximum atomic E-state index is 12.3. The summed E-state index contributed by atoms with van der Waals surface area (Å²) in [6.07, 6.45) is 4.66. The highest BCUT2D eigenvalue weighted by molar-refractivity contribution is 5.96. The molecule has 0 unspecified atom stereocenters. The Morgan fingerprint density at radius 2 is 1.60 bits per heavy atom. The van der Waals surface area contributed by atoms with Crippen LogP contribution in [0.3, 0.4) is 0 Å². The minimum atomic E-state index is -0.173. The molecule has 6 nitrogen and oxygen atoms in total. The van der Waals surface area contributed by atoms with Crippen LogP contribution in [-0.2, 0) is 9.59 Å². The van der Waals surface area contributed by atoms with E-state index in [9.17, 15) is 9.59 Å². The summed E-state index contributed by atoms with van der Waals surface area (Å²) in [5.74, 6) is 0.454. The van der Waals surface area contributed by atoms with Crippen LogP contribution >= 0.6 is 0 Å². The summed E-state index contributed by atoms with van der Waals surface area (Å²) >= 11 is 0. The Hall–Kier alpha value is -3.02. The van der Waals surface area contributed by atoms with Crippen molar-refractivity contribution in [3.05, 3.63) is 48.5 Å². The first-order valence-electron chi connectivity index (χ1n) is 10.7. The second-order valence-corrected chi connectivity index (χ2v) is 7.56. The molecule has 0 spiro atoms. The maximum Gasteiger partial charge on any atom is 0.243 e. The van der Waals surface area contributed by atoms with E-state index in [0.717, 1.165) is 17.9 Å². The number of amides is 2. The first-order chi connectivity index (χ1) is 14.5. The average molecular weight is 412 g/mol. The molecule has 6 heteroatoms. The SMILES string of the molecule is CCCCCCOc1cccc(NCC(=O)Nc2cccc(NC(=O)C(C)C)c2)c1. The fourth-order valence-electron chi connectivity index (χ4n) is 2.76. The van der Waals surface area contributed by atoms with Gasteiger partial charge in [0.15, 0.2) is 0 Å². The zero-order chi connectivity index (χ0) is 21.8. The van der Waals surface area contributed by atoms with E-state index in [0.29, 0.717) is 18.0 Å². The van der Waals surface area contributed by atoms with Crippen molar-refractivity contribution >= 4 is 28.9 Å². The third-order valence-electron chi connectivity index (χ3n) is 4.49. The van der Waals surface area contributed by atoms with Crippen LogP contribution in [0.1, 0.15) is 46.5 Å². The Kier molecular flexibility index (Phi) is 9.71. The van der Waals surface area contributed by atoms with Crippen molar-refractivity contribution in [2.45, 2.75) is 46.5 Å². The lowest BCUT2D eigenvalue weighted by molar-refractivity contribution is -0.119. The monoisotopic (exact) mass is 411 g/mol. The summed E-state index contributed by atoms with van der Waals surface area (Å²) < 4.78 is 5.78. The summed E-state index contributed by atoms with van der Waals surface area (Å²) in [7, 11) is 0. The second-order valence-electron chi connectivity index (χ2n) is 7.56. The van der Waals surface area contributed by atoms with E-state index in [1.165, 1.54) is 19.3 Å². The van der Waals surface area contributed by atoms with Gasteiger partial charge in [-0.3, -0.25) is 9.59 Å². The molecule has 2 aromatic carbocycles. The molecule has 0 aliphatic rings. The van der Waals surface area contributed by atoms with Gasteiger partial charge in [-0.1, -0.05) is 52.2 Å². The number of benzene rings is 2. The normalized spacial score (nSPS) is 10.5. The van der Waals surface area contributed by atoms with E-state index in [1.54, 1.807) is 24.3 Å². The molecule has 0 aliphatic heterocycles. The fraction of sp³-hybridized carbons (Fsp3) is 0.417. The van der Waals surface area contributed by atoms with E-state index in [2.05, 4.69) is 22.9 Å². The van der Waals surface area contributed by atoms with Crippen molar-refractivity contribution in [1.29, 1.82) is 0 Å². The van der Waals surface area contributed by atoms with Gasteiger partial charge in [-0.2, -0.15) is 0 Å². The molecule has 0 radical (unpaired) electrons. The molecule has 0 fully saturated rings. The zero-order valence-corrected chi connectivity index (χ0v) is 18.2. The van der Waals surface area contributed by atoms with Gasteiger partial charge in [0, 0.05) is 29.0 Å². The molecule has 0 aromatic heterocycles. The summed E-state index contributed by atoms with van der Waals surface area (Å²) in [5, 5.41) is 8.78.